The monoisotopic (exact) mass is 273 g/mol. The molecule has 1 aromatic carbocycles. The normalized spacial score (nSPS) is 12.5. The minimum absolute atomic E-state index is 0.0624. The van der Waals surface area contributed by atoms with Crippen LogP contribution in [0, 0.1) is 11.8 Å². The first-order chi connectivity index (χ1) is 9.09. The van der Waals surface area contributed by atoms with Crippen LogP contribution in [0.5, 0.6) is 0 Å². The number of fused-ring (bicyclic) bond motifs is 1. The number of carbonyl (C=O) groups excluding carboxylic acids is 3. The van der Waals surface area contributed by atoms with Crippen molar-refractivity contribution in [3.63, 3.8) is 0 Å². The third-order valence-corrected chi connectivity index (χ3v) is 3.32. The number of nitrogens with one attached hydrogen (secondary N) is 1. The van der Waals surface area contributed by atoms with Gasteiger partial charge < -0.3 is 5.32 Å². The molecule has 1 amide bonds. The fourth-order valence-corrected chi connectivity index (χ4v) is 2.19. The molecule has 0 unspecified atom stereocenters. The van der Waals surface area contributed by atoms with E-state index >= 15 is 0 Å². The van der Waals surface area contributed by atoms with Crippen molar-refractivity contribution in [2.45, 2.75) is 13.3 Å². The maximum atomic E-state index is 11.7. The number of thioether (sulfide) groups is 1. The van der Waals surface area contributed by atoms with Crippen LogP contribution in [0.25, 0.3) is 0 Å². The number of hydrogen-bond donors (Lipinski definition) is 1. The minimum atomic E-state index is -0.614. The van der Waals surface area contributed by atoms with E-state index < -0.39 is 11.7 Å². The number of carbonyl (C=O) groups is 3. The number of anilines is 1. The number of rotatable bonds is 2. The standard InChI is InChI=1S/C14H11NO3S/c1-9(16)19-8-3-2-5-10-6-4-7-11-12(10)13(17)14(18)15-11/h4,6-7H,3,8H2,1H3,(H,15,17,18). The van der Waals surface area contributed by atoms with E-state index in [1.54, 1.807) is 18.2 Å². The molecule has 96 valence electrons. The van der Waals surface area contributed by atoms with Gasteiger partial charge in [0, 0.05) is 24.7 Å². The van der Waals surface area contributed by atoms with Crippen molar-refractivity contribution in [1.29, 1.82) is 0 Å². The first-order valence-electron chi connectivity index (χ1n) is 5.70. The van der Waals surface area contributed by atoms with E-state index in [4.69, 9.17) is 0 Å². The number of Topliss-reactive ketones (excluding diaryl/α,β-unsaturated/α-hetero) is 1. The Morgan fingerprint density at radius 2 is 2.16 bits per heavy atom. The van der Waals surface area contributed by atoms with Crippen molar-refractivity contribution in [2.75, 3.05) is 11.1 Å². The summed E-state index contributed by atoms with van der Waals surface area (Å²) in [6.45, 7) is 1.51. The maximum Gasteiger partial charge on any atom is 0.296 e. The molecule has 5 heteroatoms. The molecule has 1 aromatic rings. The lowest BCUT2D eigenvalue weighted by molar-refractivity contribution is -0.112. The predicted octanol–water partition coefficient (Wildman–Crippen LogP) is 1.84. The molecule has 0 fully saturated rings. The second kappa shape index (κ2) is 5.72. The van der Waals surface area contributed by atoms with Gasteiger partial charge in [-0.05, 0) is 12.1 Å². The lowest BCUT2D eigenvalue weighted by Gasteiger charge is -1.98. The van der Waals surface area contributed by atoms with E-state index in [2.05, 4.69) is 17.2 Å². The Labute approximate surface area is 115 Å². The smallest absolute Gasteiger partial charge is 0.296 e. The zero-order valence-corrected chi connectivity index (χ0v) is 11.1. The summed E-state index contributed by atoms with van der Waals surface area (Å²) in [7, 11) is 0. The summed E-state index contributed by atoms with van der Waals surface area (Å²) in [5.74, 6) is 5.26. The van der Waals surface area contributed by atoms with Crippen LogP contribution in [-0.2, 0) is 9.59 Å². The summed E-state index contributed by atoms with van der Waals surface area (Å²) < 4.78 is 0. The average molecular weight is 273 g/mol. The van der Waals surface area contributed by atoms with Gasteiger partial charge in [0.1, 0.15) is 0 Å². The molecule has 2 rings (SSSR count). The van der Waals surface area contributed by atoms with Crippen LogP contribution in [0.1, 0.15) is 29.3 Å². The molecule has 0 aromatic heterocycles. The van der Waals surface area contributed by atoms with Gasteiger partial charge in [-0.2, -0.15) is 0 Å². The van der Waals surface area contributed by atoms with Crippen molar-refractivity contribution in [1.82, 2.24) is 0 Å². The largest absolute Gasteiger partial charge is 0.318 e. The molecular weight excluding hydrogens is 262 g/mol. The summed E-state index contributed by atoms with van der Waals surface area (Å²) >= 11 is 1.22. The van der Waals surface area contributed by atoms with Crippen LogP contribution < -0.4 is 5.32 Å². The summed E-state index contributed by atoms with van der Waals surface area (Å²) in [6.07, 6.45) is 0.559. The van der Waals surface area contributed by atoms with Crippen molar-refractivity contribution in [2.24, 2.45) is 0 Å². The highest BCUT2D eigenvalue weighted by atomic mass is 32.2. The van der Waals surface area contributed by atoms with Gasteiger partial charge in [0.25, 0.3) is 11.7 Å². The van der Waals surface area contributed by atoms with Crippen LogP contribution in [0.4, 0.5) is 5.69 Å². The fourth-order valence-electron chi connectivity index (χ4n) is 1.70. The Morgan fingerprint density at radius 1 is 1.37 bits per heavy atom. The Morgan fingerprint density at radius 3 is 2.89 bits per heavy atom. The van der Waals surface area contributed by atoms with Gasteiger partial charge in [0.2, 0.25) is 0 Å². The Balaban J connectivity index is 2.13. The van der Waals surface area contributed by atoms with Gasteiger partial charge in [-0.25, -0.2) is 0 Å². The Bertz CT molecular complexity index is 625. The lowest BCUT2D eigenvalue weighted by Crippen LogP contribution is -2.12. The molecule has 4 nitrogen and oxygen atoms in total. The zero-order chi connectivity index (χ0) is 13.8. The van der Waals surface area contributed by atoms with Crippen molar-refractivity contribution < 1.29 is 14.4 Å². The first kappa shape index (κ1) is 13.4. The van der Waals surface area contributed by atoms with Crippen LogP contribution in [0.15, 0.2) is 18.2 Å². The highest BCUT2D eigenvalue weighted by molar-refractivity contribution is 8.13. The molecule has 1 N–H and O–H groups in total. The van der Waals surface area contributed by atoms with Crippen molar-refractivity contribution >= 4 is 34.3 Å². The second-order valence-electron chi connectivity index (χ2n) is 3.90. The number of benzene rings is 1. The number of hydrogen-bond acceptors (Lipinski definition) is 4. The summed E-state index contributed by atoms with van der Waals surface area (Å²) in [5.41, 5.74) is 1.41. The van der Waals surface area contributed by atoms with E-state index in [-0.39, 0.29) is 5.12 Å². The van der Waals surface area contributed by atoms with Gasteiger partial charge in [-0.1, -0.05) is 29.7 Å². The van der Waals surface area contributed by atoms with Crippen LogP contribution in [0.2, 0.25) is 0 Å². The molecular formula is C14H11NO3S. The first-order valence-corrected chi connectivity index (χ1v) is 6.69. The molecule has 0 saturated carbocycles. The third-order valence-electron chi connectivity index (χ3n) is 2.50. The quantitative estimate of drug-likeness (QED) is 0.507. The van der Waals surface area contributed by atoms with Gasteiger partial charge in [-0.3, -0.25) is 14.4 Å². The topological polar surface area (TPSA) is 63.2 Å². The van der Waals surface area contributed by atoms with E-state index in [0.29, 0.717) is 29.0 Å². The molecule has 0 saturated heterocycles. The van der Waals surface area contributed by atoms with Crippen molar-refractivity contribution in [3.05, 3.63) is 29.3 Å². The molecule has 0 aliphatic carbocycles. The number of ketones is 1. The Kier molecular flexibility index (Phi) is 4.03. The van der Waals surface area contributed by atoms with Crippen LogP contribution in [0.3, 0.4) is 0 Å². The lowest BCUT2D eigenvalue weighted by atomic mass is 10.0. The van der Waals surface area contributed by atoms with E-state index in [9.17, 15) is 14.4 Å². The minimum Gasteiger partial charge on any atom is -0.318 e. The van der Waals surface area contributed by atoms with E-state index in [1.807, 2.05) is 0 Å². The third kappa shape index (κ3) is 3.04. The second-order valence-corrected chi connectivity index (χ2v) is 5.18. The molecule has 0 bridgehead atoms. The molecule has 0 spiro atoms. The molecule has 19 heavy (non-hydrogen) atoms. The summed E-state index contributed by atoms with van der Waals surface area (Å²) in [5, 5.41) is 2.56. The molecule has 1 aliphatic heterocycles. The average Bonchev–Trinajstić information content (AvgIpc) is 2.65. The highest BCUT2D eigenvalue weighted by Gasteiger charge is 2.29. The Hall–Kier alpha value is -2.06. The van der Waals surface area contributed by atoms with Gasteiger partial charge in [0.15, 0.2) is 5.12 Å². The molecule has 0 atom stereocenters. The number of amides is 1. The fraction of sp³-hybridized carbons (Fsp3) is 0.214. The molecule has 1 aliphatic rings. The predicted molar refractivity (Wildman–Crippen MR) is 74.0 cm³/mol. The zero-order valence-electron chi connectivity index (χ0n) is 10.3. The molecule has 1 heterocycles. The molecule has 0 radical (unpaired) electrons. The maximum absolute atomic E-state index is 11.7. The van der Waals surface area contributed by atoms with Crippen LogP contribution in [-0.4, -0.2) is 22.6 Å². The van der Waals surface area contributed by atoms with Gasteiger partial charge in [0.05, 0.1) is 11.3 Å². The van der Waals surface area contributed by atoms with Crippen molar-refractivity contribution in [3.8, 4) is 11.8 Å². The van der Waals surface area contributed by atoms with Crippen LogP contribution >= 0.6 is 11.8 Å². The summed E-state index contributed by atoms with van der Waals surface area (Å²) in [6, 6.07) is 5.13. The highest BCUT2D eigenvalue weighted by Crippen LogP contribution is 2.25. The SMILES string of the molecule is CC(=O)SCCC#Cc1cccc2c1C(=O)C(=O)N2. The van der Waals surface area contributed by atoms with E-state index in [0.717, 1.165) is 0 Å². The van der Waals surface area contributed by atoms with Gasteiger partial charge >= 0.3 is 0 Å². The van der Waals surface area contributed by atoms with E-state index in [1.165, 1.54) is 18.7 Å². The van der Waals surface area contributed by atoms with Gasteiger partial charge in [-0.15, -0.1) is 0 Å². The summed E-state index contributed by atoms with van der Waals surface area (Å²) in [4.78, 5) is 33.7.